The molecule has 1 heterocycles. The summed E-state index contributed by atoms with van der Waals surface area (Å²) in [5.74, 6) is -0.137. The maximum absolute atomic E-state index is 13.6. The first-order valence-corrected chi connectivity index (χ1v) is 10.5. The van der Waals surface area contributed by atoms with Crippen molar-refractivity contribution in [3.8, 4) is 11.5 Å². The molecule has 172 valence electrons. The second-order valence-corrected chi connectivity index (χ2v) is 7.48. The van der Waals surface area contributed by atoms with Gasteiger partial charge >= 0.3 is 0 Å². The van der Waals surface area contributed by atoms with Crippen LogP contribution in [0.4, 0.5) is 17.1 Å². The molecule has 0 fully saturated rings. The number of carbonyl (C=O) groups excluding carboxylic acids is 3. The van der Waals surface area contributed by atoms with Crippen LogP contribution in [0.3, 0.4) is 0 Å². The SMILES string of the molecule is COc1ccc(C2=C(Nc3ccc(NC(C)=O)cc3)C(=O)N(c3ccccc3OC)C2=O)cc1. The summed E-state index contributed by atoms with van der Waals surface area (Å²) in [7, 11) is 3.04. The summed E-state index contributed by atoms with van der Waals surface area (Å²) in [6, 6.07) is 20.6. The van der Waals surface area contributed by atoms with Crippen molar-refractivity contribution < 1.29 is 23.9 Å². The van der Waals surface area contributed by atoms with Crippen molar-refractivity contribution in [2.24, 2.45) is 0 Å². The van der Waals surface area contributed by atoms with Crippen molar-refractivity contribution in [1.29, 1.82) is 0 Å². The third-order valence-corrected chi connectivity index (χ3v) is 5.26. The lowest BCUT2D eigenvalue weighted by Gasteiger charge is -2.18. The quantitative estimate of drug-likeness (QED) is 0.520. The van der Waals surface area contributed by atoms with Crippen molar-refractivity contribution in [2.75, 3.05) is 29.8 Å². The van der Waals surface area contributed by atoms with E-state index in [0.29, 0.717) is 34.1 Å². The molecule has 0 spiro atoms. The highest BCUT2D eigenvalue weighted by Gasteiger charge is 2.41. The topological polar surface area (TPSA) is 97.0 Å². The third-order valence-electron chi connectivity index (χ3n) is 5.26. The van der Waals surface area contributed by atoms with Crippen molar-refractivity contribution in [3.05, 3.63) is 84.1 Å². The molecule has 3 aromatic carbocycles. The number of hydrogen-bond acceptors (Lipinski definition) is 6. The Morgan fingerprint density at radius 2 is 1.44 bits per heavy atom. The molecule has 8 heteroatoms. The molecule has 8 nitrogen and oxygen atoms in total. The predicted octanol–water partition coefficient (Wildman–Crippen LogP) is 4.06. The predicted molar refractivity (Wildman–Crippen MR) is 130 cm³/mol. The number of anilines is 3. The Morgan fingerprint density at radius 1 is 0.794 bits per heavy atom. The largest absolute Gasteiger partial charge is 0.497 e. The zero-order chi connectivity index (χ0) is 24.2. The van der Waals surface area contributed by atoms with Gasteiger partial charge in [-0.05, 0) is 54.1 Å². The van der Waals surface area contributed by atoms with E-state index in [0.717, 1.165) is 4.90 Å². The zero-order valence-corrected chi connectivity index (χ0v) is 18.9. The smallest absolute Gasteiger partial charge is 0.282 e. The van der Waals surface area contributed by atoms with Crippen molar-refractivity contribution in [2.45, 2.75) is 6.92 Å². The van der Waals surface area contributed by atoms with E-state index >= 15 is 0 Å². The van der Waals surface area contributed by atoms with E-state index in [-0.39, 0.29) is 17.2 Å². The van der Waals surface area contributed by atoms with Crippen LogP contribution in [0.2, 0.25) is 0 Å². The second-order valence-electron chi connectivity index (χ2n) is 7.48. The molecule has 0 radical (unpaired) electrons. The number of rotatable bonds is 7. The summed E-state index contributed by atoms with van der Waals surface area (Å²) >= 11 is 0. The number of hydrogen-bond donors (Lipinski definition) is 2. The van der Waals surface area contributed by atoms with Gasteiger partial charge in [0.2, 0.25) is 5.91 Å². The minimum Gasteiger partial charge on any atom is -0.497 e. The van der Waals surface area contributed by atoms with Gasteiger partial charge in [-0.2, -0.15) is 0 Å². The lowest BCUT2D eigenvalue weighted by molar-refractivity contribution is -0.120. The molecule has 2 N–H and O–H groups in total. The number of methoxy groups -OCH3 is 2. The standard InChI is InChI=1S/C26H23N3O5/c1-16(30)27-18-10-12-19(13-11-18)28-24-23(17-8-14-20(33-2)15-9-17)25(31)29(26(24)32)21-6-4-5-7-22(21)34-3/h4-15,28H,1-3H3,(H,27,30). The Labute approximate surface area is 196 Å². The molecule has 0 aliphatic carbocycles. The van der Waals surface area contributed by atoms with Crippen LogP contribution >= 0.6 is 0 Å². The fourth-order valence-electron chi connectivity index (χ4n) is 3.69. The molecular weight excluding hydrogens is 434 g/mol. The number of carbonyl (C=O) groups is 3. The normalized spacial score (nSPS) is 13.2. The van der Waals surface area contributed by atoms with Crippen LogP contribution in [0.1, 0.15) is 12.5 Å². The molecule has 1 aliphatic rings. The molecule has 4 rings (SSSR count). The van der Waals surface area contributed by atoms with E-state index in [1.165, 1.54) is 14.0 Å². The lowest BCUT2D eigenvalue weighted by Crippen LogP contribution is -2.32. The van der Waals surface area contributed by atoms with Gasteiger partial charge in [0.1, 0.15) is 17.2 Å². The highest BCUT2D eigenvalue weighted by atomic mass is 16.5. The van der Waals surface area contributed by atoms with E-state index in [1.807, 2.05) is 0 Å². The summed E-state index contributed by atoms with van der Waals surface area (Å²) in [5, 5.41) is 5.79. The van der Waals surface area contributed by atoms with Crippen LogP contribution in [0.5, 0.6) is 11.5 Å². The minimum absolute atomic E-state index is 0.133. The summed E-state index contributed by atoms with van der Waals surface area (Å²) in [6.07, 6.45) is 0. The molecular formula is C26H23N3O5. The number of nitrogens with one attached hydrogen (secondary N) is 2. The molecule has 0 unspecified atom stereocenters. The van der Waals surface area contributed by atoms with Gasteiger partial charge < -0.3 is 20.1 Å². The van der Waals surface area contributed by atoms with E-state index < -0.39 is 11.8 Å². The van der Waals surface area contributed by atoms with Crippen LogP contribution in [0.25, 0.3) is 5.57 Å². The zero-order valence-electron chi connectivity index (χ0n) is 18.9. The summed E-state index contributed by atoms with van der Waals surface area (Å²) in [4.78, 5) is 39.5. The molecule has 0 aromatic heterocycles. The Balaban J connectivity index is 1.77. The Morgan fingerprint density at radius 3 is 2.06 bits per heavy atom. The van der Waals surface area contributed by atoms with Gasteiger partial charge in [0.25, 0.3) is 11.8 Å². The first kappa shape index (κ1) is 22.6. The van der Waals surface area contributed by atoms with Crippen molar-refractivity contribution in [1.82, 2.24) is 0 Å². The van der Waals surface area contributed by atoms with Gasteiger partial charge in [0.15, 0.2) is 0 Å². The van der Waals surface area contributed by atoms with Crippen LogP contribution in [-0.2, 0) is 14.4 Å². The first-order valence-electron chi connectivity index (χ1n) is 10.5. The number of para-hydroxylation sites is 2. The Bertz CT molecular complexity index is 1280. The highest BCUT2D eigenvalue weighted by Crippen LogP contribution is 2.38. The molecule has 0 saturated heterocycles. The fourth-order valence-corrected chi connectivity index (χ4v) is 3.69. The van der Waals surface area contributed by atoms with Gasteiger partial charge in [0, 0.05) is 18.3 Å². The molecule has 0 atom stereocenters. The first-order chi connectivity index (χ1) is 16.4. The molecule has 34 heavy (non-hydrogen) atoms. The summed E-state index contributed by atoms with van der Waals surface area (Å²) < 4.78 is 10.6. The van der Waals surface area contributed by atoms with E-state index in [1.54, 1.807) is 79.9 Å². The number of ether oxygens (including phenoxy) is 2. The van der Waals surface area contributed by atoms with Crippen LogP contribution in [0.15, 0.2) is 78.5 Å². The van der Waals surface area contributed by atoms with Gasteiger partial charge in [-0.15, -0.1) is 0 Å². The number of nitrogens with zero attached hydrogens (tertiary/aromatic N) is 1. The third kappa shape index (κ3) is 4.33. The average molecular weight is 457 g/mol. The minimum atomic E-state index is -0.508. The van der Waals surface area contributed by atoms with Crippen LogP contribution in [0, 0.1) is 0 Å². The summed E-state index contributed by atoms with van der Waals surface area (Å²) in [6.45, 7) is 1.42. The molecule has 3 amide bonds. The number of amides is 3. The van der Waals surface area contributed by atoms with Gasteiger partial charge in [-0.3, -0.25) is 14.4 Å². The number of benzene rings is 3. The maximum Gasteiger partial charge on any atom is 0.282 e. The lowest BCUT2D eigenvalue weighted by atomic mass is 10.0. The number of imide groups is 1. The molecule has 0 saturated carbocycles. The Hall–Kier alpha value is -4.59. The van der Waals surface area contributed by atoms with E-state index in [4.69, 9.17) is 9.47 Å². The summed E-state index contributed by atoms with van der Waals surface area (Å²) in [5.41, 5.74) is 2.47. The van der Waals surface area contributed by atoms with Crippen molar-refractivity contribution >= 4 is 40.4 Å². The van der Waals surface area contributed by atoms with Crippen molar-refractivity contribution in [3.63, 3.8) is 0 Å². The monoisotopic (exact) mass is 457 g/mol. The molecule has 1 aliphatic heterocycles. The van der Waals surface area contributed by atoms with Gasteiger partial charge in [0.05, 0.1) is 25.5 Å². The second kappa shape index (κ2) is 9.50. The van der Waals surface area contributed by atoms with E-state index in [9.17, 15) is 14.4 Å². The van der Waals surface area contributed by atoms with Crippen LogP contribution in [-0.4, -0.2) is 31.9 Å². The highest BCUT2D eigenvalue weighted by molar-refractivity contribution is 6.46. The molecule has 0 bridgehead atoms. The van der Waals surface area contributed by atoms with E-state index in [2.05, 4.69) is 10.6 Å². The van der Waals surface area contributed by atoms with Gasteiger partial charge in [-0.1, -0.05) is 24.3 Å². The van der Waals surface area contributed by atoms with Gasteiger partial charge in [-0.25, -0.2) is 4.90 Å². The average Bonchev–Trinajstić information content (AvgIpc) is 3.09. The Kier molecular flexibility index (Phi) is 6.31. The molecule has 3 aromatic rings. The maximum atomic E-state index is 13.6. The van der Waals surface area contributed by atoms with Crippen LogP contribution < -0.4 is 25.0 Å². The fraction of sp³-hybridized carbons (Fsp3) is 0.115.